The Kier molecular flexibility index (Phi) is 4.93. The van der Waals surface area contributed by atoms with Gasteiger partial charge < -0.3 is 9.84 Å². The number of ether oxygens (including phenoxy) is 1. The average molecular weight is 288 g/mol. The van der Waals surface area contributed by atoms with Crippen LogP contribution in [0.25, 0.3) is 0 Å². The van der Waals surface area contributed by atoms with Crippen LogP contribution in [0.1, 0.15) is 24.0 Å². The fraction of sp³-hybridized carbons (Fsp3) is 0.235. The van der Waals surface area contributed by atoms with E-state index in [-0.39, 0.29) is 12.2 Å². The van der Waals surface area contributed by atoms with Gasteiger partial charge in [-0.05, 0) is 48.7 Å². The summed E-state index contributed by atoms with van der Waals surface area (Å²) in [5.41, 5.74) is 1.34. The Balaban J connectivity index is 2.20. The molecule has 3 nitrogen and oxygen atoms in total. The van der Waals surface area contributed by atoms with E-state index in [1.165, 1.54) is 12.1 Å². The third-order valence-electron chi connectivity index (χ3n) is 3.22. The van der Waals surface area contributed by atoms with E-state index >= 15 is 0 Å². The summed E-state index contributed by atoms with van der Waals surface area (Å²) in [5.74, 6) is -1.29. The highest BCUT2D eigenvalue weighted by atomic mass is 19.1. The predicted molar refractivity (Wildman–Crippen MR) is 78.1 cm³/mol. The maximum atomic E-state index is 13.2. The van der Waals surface area contributed by atoms with Crippen molar-refractivity contribution in [3.05, 3.63) is 65.5 Å². The molecule has 0 bridgehead atoms. The Morgan fingerprint density at radius 1 is 1.24 bits per heavy atom. The molecule has 0 spiro atoms. The van der Waals surface area contributed by atoms with E-state index in [0.717, 1.165) is 0 Å². The number of carboxylic acids is 1. The first-order valence-electron chi connectivity index (χ1n) is 6.80. The SMILES string of the molecule is CCOc1ccc(C(Cc2cccc(F)c2)C(=O)O)cc1. The van der Waals surface area contributed by atoms with E-state index in [1.54, 1.807) is 36.4 Å². The number of hydrogen-bond donors (Lipinski definition) is 1. The first-order chi connectivity index (χ1) is 10.1. The number of benzene rings is 2. The molecule has 0 radical (unpaired) electrons. The molecule has 1 N–H and O–H groups in total. The second kappa shape index (κ2) is 6.88. The molecule has 0 aliphatic rings. The topological polar surface area (TPSA) is 46.5 Å². The van der Waals surface area contributed by atoms with Crippen LogP contribution in [-0.4, -0.2) is 17.7 Å². The molecule has 0 saturated carbocycles. The second-order valence-corrected chi connectivity index (χ2v) is 4.73. The van der Waals surface area contributed by atoms with Crippen molar-refractivity contribution in [3.63, 3.8) is 0 Å². The van der Waals surface area contributed by atoms with Gasteiger partial charge in [-0.2, -0.15) is 0 Å². The molecule has 4 heteroatoms. The van der Waals surface area contributed by atoms with Crippen molar-refractivity contribution < 1.29 is 19.0 Å². The number of hydrogen-bond acceptors (Lipinski definition) is 2. The molecule has 0 saturated heterocycles. The lowest BCUT2D eigenvalue weighted by Crippen LogP contribution is -2.14. The molecular weight excluding hydrogens is 271 g/mol. The first-order valence-corrected chi connectivity index (χ1v) is 6.80. The Labute approximate surface area is 123 Å². The van der Waals surface area contributed by atoms with Crippen molar-refractivity contribution >= 4 is 5.97 Å². The molecule has 0 fully saturated rings. The van der Waals surface area contributed by atoms with Gasteiger partial charge in [-0.15, -0.1) is 0 Å². The number of rotatable bonds is 6. The molecule has 0 heterocycles. The molecule has 0 aliphatic carbocycles. The van der Waals surface area contributed by atoms with Crippen molar-refractivity contribution in [3.8, 4) is 5.75 Å². The zero-order valence-corrected chi connectivity index (χ0v) is 11.8. The van der Waals surface area contributed by atoms with Gasteiger partial charge in [-0.3, -0.25) is 4.79 Å². The third-order valence-corrected chi connectivity index (χ3v) is 3.22. The van der Waals surface area contributed by atoms with Crippen LogP contribution in [0.5, 0.6) is 5.75 Å². The minimum Gasteiger partial charge on any atom is -0.494 e. The highest BCUT2D eigenvalue weighted by Gasteiger charge is 2.20. The predicted octanol–water partition coefficient (Wildman–Crippen LogP) is 3.64. The highest BCUT2D eigenvalue weighted by molar-refractivity contribution is 5.76. The van der Waals surface area contributed by atoms with Crippen molar-refractivity contribution in [2.75, 3.05) is 6.61 Å². The van der Waals surface area contributed by atoms with Crippen molar-refractivity contribution in [1.82, 2.24) is 0 Å². The molecule has 2 aromatic carbocycles. The summed E-state index contributed by atoms with van der Waals surface area (Å²) in [6, 6.07) is 13.0. The smallest absolute Gasteiger partial charge is 0.311 e. The average Bonchev–Trinajstić information content (AvgIpc) is 2.46. The minimum absolute atomic E-state index is 0.251. The Morgan fingerprint density at radius 3 is 2.52 bits per heavy atom. The normalized spacial score (nSPS) is 11.9. The van der Waals surface area contributed by atoms with Crippen LogP contribution in [0.3, 0.4) is 0 Å². The van der Waals surface area contributed by atoms with Crippen LogP contribution in [-0.2, 0) is 11.2 Å². The van der Waals surface area contributed by atoms with Gasteiger partial charge in [0.05, 0.1) is 12.5 Å². The summed E-state index contributed by atoms with van der Waals surface area (Å²) in [6.07, 6.45) is 0.251. The highest BCUT2D eigenvalue weighted by Crippen LogP contribution is 2.24. The molecule has 1 unspecified atom stereocenters. The van der Waals surface area contributed by atoms with E-state index in [0.29, 0.717) is 23.5 Å². The zero-order chi connectivity index (χ0) is 15.2. The fourth-order valence-corrected chi connectivity index (χ4v) is 2.21. The number of carboxylic acid groups (broad SMARTS) is 1. The maximum Gasteiger partial charge on any atom is 0.311 e. The van der Waals surface area contributed by atoms with Gasteiger partial charge in [-0.1, -0.05) is 24.3 Å². The van der Waals surface area contributed by atoms with E-state index in [1.807, 2.05) is 6.92 Å². The van der Waals surface area contributed by atoms with Crippen LogP contribution >= 0.6 is 0 Å². The van der Waals surface area contributed by atoms with E-state index in [4.69, 9.17) is 4.74 Å². The summed E-state index contributed by atoms with van der Waals surface area (Å²) < 4.78 is 18.5. The van der Waals surface area contributed by atoms with E-state index in [9.17, 15) is 14.3 Å². The van der Waals surface area contributed by atoms with E-state index < -0.39 is 11.9 Å². The van der Waals surface area contributed by atoms with Crippen molar-refractivity contribution in [1.29, 1.82) is 0 Å². The van der Waals surface area contributed by atoms with Gasteiger partial charge >= 0.3 is 5.97 Å². The summed E-state index contributed by atoms with van der Waals surface area (Å²) in [4.78, 5) is 11.5. The third kappa shape index (κ3) is 4.05. The second-order valence-electron chi connectivity index (χ2n) is 4.73. The fourth-order valence-electron chi connectivity index (χ4n) is 2.21. The number of aliphatic carboxylic acids is 1. The monoisotopic (exact) mass is 288 g/mol. The lowest BCUT2D eigenvalue weighted by molar-refractivity contribution is -0.138. The van der Waals surface area contributed by atoms with Crippen LogP contribution in [0.4, 0.5) is 4.39 Å². The van der Waals surface area contributed by atoms with E-state index in [2.05, 4.69) is 0 Å². The van der Waals surface area contributed by atoms with Gasteiger partial charge in [0.15, 0.2) is 0 Å². The quantitative estimate of drug-likeness (QED) is 0.882. The van der Waals surface area contributed by atoms with Crippen LogP contribution < -0.4 is 4.74 Å². The lowest BCUT2D eigenvalue weighted by Gasteiger charge is -2.14. The minimum atomic E-state index is -0.927. The van der Waals surface area contributed by atoms with Gasteiger partial charge in [0.2, 0.25) is 0 Å². The van der Waals surface area contributed by atoms with Gasteiger partial charge in [-0.25, -0.2) is 4.39 Å². The standard InChI is InChI=1S/C17H17FO3/c1-2-21-15-8-6-13(7-9-15)16(17(19)20)11-12-4-3-5-14(18)10-12/h3-10,16H,2,11H2,1H3,(H,19,20). The Morgan fingerprint density at radius 2 is 1.95 bits per heavy atom. The Bertz CT molecular complexity index is 608. The summed E-state index contributed by atoms with van der Waals surface area (Å²) in [7, 11) is 0. The molecule has 1 atom stereocenters. The number of halogens is 1. The number of carbonyl (C=O) groups is 1. The maximum absolute atomic E-state index is 13.2. The largest absolute Gasteiger partial charge is 0.494 e. The van der Waals surface area contributed by atoms with Crippen molar-refractivity contribution in [2.45, 2.75) is 19.3 Å². The molecule has 2 rings (SSSR count). The summed E-state index contributed by atoms with van der Waals surface area (Å²) in [5, 5.41) is 9.40. The van der Waals surface area contributed by atoms with Crippen LogP contribution in [0.15, 0.2) is 48.5 Å². The van der Waals surface area contributed by atoms with Crippen molar-refractivity contribution in [2.24, 2.45) is 0 Å². The summed E-state index contributed by atoms with van der Waals surface area (Å²) >= 11 is 0. The first kappa shape index (κ1) is 15.0. The molecule has 0 aromatic heterocycles. The summed E-state index contributed by atoms with van der Waals surface area (Å²) in [6.45, 7) is 2.45. The van der Waals surface area contributed by atoms with Crippen LogP contribution in [0, 0.1) is 5.82 Å². The lowest BCUT2D eigenvalue weighted by atomic mass is 9.92. The van der Waals surface area contributed by atoms with Gasteiger partial charge in [0, 0.05) is 0 Å². The molecule has 2 aromatic rings. The zero-order valence-electron chi connectivity index (χ0n) is 11.8. The molecule has 110 valence electrons. The molecule has 0 aliphatic heterocycles. The molecule has 21 heavy (non-hydrogen) atoms. The molecular formula is C17H17FO3. The van der Waals surface area contributed by atoms with Gasteiger partial charge in [0.1, 0.15) is 11.6 Å². The van der Waals surface area contributed by atoms with Crippen LogP contribution in [0.2, 0.25) is 0 Å². The van der Waals surface area contributed by atoms with Gasteiger partial charge in [0.25, 0.3) is 0 Å². The Hall–Kier alpha value is -2.36. The molecule has 0 amide bonds.